The molecule has 143 valence electrons. The Morgan fingerprint density at radius 2 is 1.09 bits per heavy atom. The van der Waals surface area contributed by atoms with Crippen LogP contribution in [0.4, 0.5) is 26.3 Å². The van der Waals surface area contributed by atoms with Crippen LogP contribution in [-0.2, 0) is 20.9 Å². The van der Waals surface area contributed by atoms with Crippen LogP contribution in [0.1, 0.15) is 48.0 Å². The van der Waals surface area contributed by atoms with Crippen molar-refractivity contribution in [1.29, 1.82) is 0 Å². The van der Waals surface area contributed by atoms with Crippen LogP contribution in [0.5, 0.6) is 0 Å². The van der Waals surface area contributed by atoms with E-state index in [9.17, 15) is 26.3 Å². The molecule has 0 bridgehead atoms. The first-order valence-electron chi connectivity index (χ1n) is 6.18. The second-order valence-electron chi connectivity index (χ2n) is 5.92. The average Bonchev–Trinajstić information content (AvgIpc) is 2.25. The maximum atomic E-state index is 11.0. The van der Waals surface area contributed by atoms with Gasteiger partial charge >= 0.3 is 62.9 Å². The van der Waals surface area contributed by atoms with Gasteiger partial charge in [-0.1, -0.05) is 6.92 Å². The van der Waals surface area contributed by atoms with Gasteiger partial charge in [-0.05, 0) is 20.3 Å². The Balaban J connectivity index is -0.000000122. The van der Waals surface area contributed by atoms with Gasteiger partial charge in [-0.3, -0.25) is 0 Å². The molecule has 2 N–H and O–H groups in total. The Bertz CT molecular complexity index is 292. The maximum Gasteiger partial charge on any atom is 0.423 e. The fraction of sp³-hybridized carbons (Fsp3) is 0.923. The predicted octanol–water partition coefficient (Wildman–Crippen LogP) is 4.60. The van der Waals surface area contributed by atoms with E-state index >= 15 is 0 Å². The van der Waals surface area contributed by atoms with Gasteiger partial charge in [0.2, 0.25) is 6.10 Å². The van der Waals surface area contributed by atoms with Crippen LogP contribution in [0.3, 0.4) is 0 Å². The molecule has 0 aromatic heterocycles. The molecule has 0 amide bonds. The topological polar surface area (TPSA) is 52.8 Å². The Hall–Kier alpha value is 0.0403. The van der Waals surface area contributed by atoms with Crippen molar-refractivity contribution in [3.8, 4) is 0 Å². The number of hydrogen-bond acceptors (Lipinski definition) is 3. The summed E-state index contributed by atoms with van der Waals surface area (Å²) in [6.07, 6.45) is -14.7. The first-order chi connectivity index (χ1) is 9.28. The first-order valence-corrected chi connectivity index (χ1v) is 7.61. The van der Waals surface area contributed by atoms with Crippen molar-refractivity contribution in [1.82, 2.24) is 0 Å². The van der Waals surface area contributed by atoms with Gasteiger partial charge in [-0.2, -0.15) is 26.3 Å². The van der Waals surface area contributed by atoms with Gasteiger partial charge < -0.3 is 17.6 Å². The van der Waals surface area contributed by atoms with E-state index in [-0.39, 0.29) is 13.0 Å². The van der Waals surface area contributed by atoms with E-state index in [1.807, 2.05) is 6.92 Å². The van der Waals surface area contributed by atoms with E-state index in [0.29, 0.717) is 0 Å². The fourth-order valence-electron chi connectivity index (χ4n) is 0.186. The van der Waals surface area contributed by atoms with Crippen LogP contribution in [0.25, 0.3) is 0 Å². The van der Waals surface area contributed by atoms with Crippen molar-refractivity contribution in [2.75, 3.05) is 0 Å². The van der Waals surface area contributed by atoms with Gasteiger partial charge in [-0.15, -0.1) is 0 Å². The third kappa shape index (κ3) is 27.2. The predicted molar refractivity (Wildman–Crippen MR) is 73.3 cm³/mol. The van der Waals surface area contributed by atoms with Crippen molar-refractivity contribution in [3.63, 3.8) is 0 Å². The SMILES string of the molecule is CC(C)(C)[N]=[Ta].CCC(C)(C)O.OC(C(F)(F)F)C(F)(F)F.[CH3-]. The summed E-state index contributed by atoms with van der Waals surface area (Å²) in [5, 5.41) is 16.3. The standard InChI is InChI=1S/C5H12O.C4H9N.C3H2F6O.CH3.Ta/c1-4-5(2,3)6;1-4(2,3)5;4-2(5,6)1(10)3(7,8)9;;/h6H,4H2,1-3H3;1-3H3;1,10H;1H3;/q;;;-1;. The van der Waals surface area contributed by atoms with Crippen LogP contribution in [-0.4, -0.2) is 39.8 Å². The van der Waals surface area contributed by atoms with E-state index < -0.39 is 24.1 Å². The molecule has 0 fully saturated rings. The molecule has 0 aromatic carbocycles. The zero-order valence-electron chi connectivity index (χ0n) is 14.3. The fourth-order valence-corrected chi connectivity index (χ4v) is 0.186. The third-order valence-corrected chi connectivity index (χ3v) is 3.94. The van der Waals surface area contributed by atoms with Gasteiger partial charge in [-0.25, -0.2) is 0 Å². The summed E-state index contributed by atoms with van der Waals surface area (Å²) in [5.74, 6) is 0. The molecule has 23 heavy (non-hydrogen) atoms. The van der Waals surface area contributed by atoms with Crippen molar-refractivity contribution >= 4 is 0 Å². The molecule has 0 rings (SSSR count). The van der Waals surface area contributed by atoms with E-state index in [1.54, 1.807) is 13.8 Å². The minimum absolute atomic E-state index is 0. The molecular formula is C13H26F6NO2Ta-. The molecule has 0 saturated heterocycles. The quantitative estimate of drug-likeness (QED) is 0.390. The molecule has 10 heteroatoms. The number of halogens is 6. The van der Waals surface area contributed by atoms with Gasteiger partial charge in [0.1, 0.15) is 0 Å². The zero-order valence-corrected chi connectivity index (χ0v) is 17.6. The second-order valence-corrected chi connectivity index (χ2v) is 6.64. The monoisotopic (exact) mass is 523 g/mol. The number of aliphatic hydroxyl groups is 2. The van der Waals surface area contributed by atoms with Crippen LogP contribution < -0.4 is 0 Å². The number of nitrogens with zero attached hydrogens (tertiary/aromatic N) is 1. The average molecular weight is 523 g/mol. The van der Waals surface area contributed by atoms with Gasteiger partial charge in [0, 0.05) is 0 Å². The first kappa shape index (κ1) is 30.9. The number of aliphatic hydroxyl groups excluding tert-OH is 1. The summed E-state index contributed by atoms with van der Waals surface area (Å²) in [6.45, 7) is 11.9. The summed E-state index contributed by atoms with van der Waals surface area (Å²) in [5.41, 5.74) is -0.242. The Morgan fingerprint density at radius 1 is 0.913 bits per heavy atom. The molecule has 0 heterocycles. The van der Waals surface area contributed by atoms with Crippen molar-refractivity contribution < 1.29 is 57.4 Å². The normalized spacial score (nSPS) is 12.3. The molecule has 0 radical (unpaired) electrons. The minimum atomic E-state index is -5.63. The smallest absolute Gasteiger partial charge is 0.390 e. The van der Waals surface area contributed by atoms with Crippen molar-refractivity contribution in [2.24, 2.45) is 3.34 Å². The van der Waals surface area contributed by atoms with E-state index in [2.05, 4.69) is 24.1 Å². The maximum absolute atomic E-state index is 11.0. The largest absolute Gasteiger partial charge is 0.423 e. The third-order valence-electron chi connectivity index (χ3n) is 1.79. The zero-order chi connectivity index (χ0) is 19.0. The second kappa shape index (κ2) is 11.6. The summed E-state index contributed by atoms with van der Waals surface area (Å²) in [4.78, 5) is 0. The van der Waals surface area contributed by atoms with Crippen molar-refractivity contribution in [3.05, 3.63) is 7.43 Å². The molecule has 0 aromatic rings. The van der Waals surface area contributed by atoms with Crippen LogP contribution in [0.2, 0.25) is 0 Å². The van der Waals surface area contributed by atoms with Crippen molar-refractivity contribution in [2.45, 2.75) is 77.6 Å². The number of hydrogen-bond donors (Lipinski definition) is 2. The molecule has 3 nitrogen and oxygen atoms in total. The Morgan fingerprint density at radius 3 is 1.09 bits per heavy atom. The van der Waals surface area contributed by atoms with Gasteiger partial charge in [0.05, 0.1) is 5.60 Å². The Kier molecular flexibility index (Phi) is 15.5. The molecular weight excluding hydrogens is 497 g/mol. The summed E-state index contributed by atoms with van der Waals surface area (Å²) >= 11 is 1.15. The molecule has 0 aliphatic rings. The minimum Gasteiger partial charge on any atom is -0.390 e. The van der Waals surface area contributed by atoms with E-state index in [0.717, 1.165) is 27.3 Å². The molecule has 0 aliphatic heterocycles. The molecule has 0 spiro atoms. The summed E-state index contributed by atoms with van der Waals surface area (Å²) < 4.78 is 70.0. The number of alkyl halides is 6. The van der Waals surface area contributed by atoms with Crippen LogP contribution >= 0.6 is 0 Å². The summed E-state index contributed by atoms with van der Waals surface area (Å²) in [6, 6.07) is 0. The van der Waals surface area contributed by atoms with Crippen LogP contribution in [0.15, 0.2) is 3.34 Å². The molecule has 0 unspecified atom stereocenters. The molecule has 0 aliphatic carbocycles. The van der Waals surface area contributed by atoms with Crippen LogP contribution in [0, 0.1) is 7.43 Å². The molecule has 0 atom stereocenters. The Labute approximate surface area is 146 Å². The van der Waals surface area contributed by atoms with Gasteiger partial charge in [0.15, 0.2) is 0 Å². The number of rotatable bonds is 1. The summed E-state index contributed by atoms with van der Waals surface area (Å²) in [7, 11) is 0. The van der Waals surface area contributed by atoms with Gasteiger partial charge in [0.25, 0.3) is 0 Å². The van der Waals surface area contributed by atoms with E-state index in [4.69, 9.17) is 10.2 Å². The molecule has 0 saturated carbocycles. The van der Waals surface area contributed by atoms with E-state index in [1.165, 1.54) is 0 Å².